The second kappa shape index (κ2) is 5.01. The Morgan fingerprint density at radius 3 is 2.17 bits per heavy atom. The number of amides is 1. The molecule has 2 aromatic rings. The smallest absolute Gasteiger partial charge is 0.211 e. The molecule has 0 spiro atoms. The molecule has 0 fully saturated rings. The van der Waals surface area contributed by atoms with Crippen LogP contribution in [0.5, 0.6) is 0 Å². The van der Waals surface area contributed by atoms with Crippen molar-refractivity contribution in [2.24, 2.45) is 0 Å². The van der Waals surface area contributed by atoms with E-state index in [1.807, 2.05) is 0 Å². The van der Waals surface area contributed by atoms with Crippen molar-refractivity contribution in [3.63, 3.8) is 0 Å². The number of benzene rings is 2. The summed E-state index contributed by atoms with van der Waals surface area (Å²) in [5.41, 5.74) is 0.274. The maximum absolute atomic E-state index is 12.4. The number of carbonyl (C=O) groups is 1. The number of sulfone groups is 1. The lowest BCUT2D eigenvalue weighted by Crippen LogP contribution is -2.06. The average Bonchev–Trinajstić information content (AvgIpc) is 2.41. The van der Waals surface area contributed by atoms with E-state index in [4.69, 9.17) is 0 Å². The van der Waals surface area contributed by atoms with Gasteiger partial charge in [-0.05, 0) is 24.3 Å². The summed E-state index contributed by atoms with van der Waals surface area (Å²) < 4.78 is 24.7. The van der Waals surface area contributed by atoms with Gasteiger partial charge in [0.05, 0.1) is 15.5 Å². The van der Waals surface area contributed by atoms with Crippen LogP contribution in [-0.4, -0.2) is 14.8 Å². The molecule has 0 aromatic heterocycles. The van der Waals surface area contributed by atoms with Crippen LogP contribution in [-0.2, 0) is 14.6 Å². The van der Waals surface area contributed by atoms with Crippen molar-refractivity contribution in [2.45, 2.75) is 9.79 Å². The predicted octanol–water partition coefficient (Wildman–Crippen LogP) is 2.09. The van der Waals surface area contributed by atoms with Crippen LogP contribution in [0.3, 0.4) is 0 Å². The molecule has 5 heteroatoms. The minimum Gasteiger partial charge on any atom is -0.328 e. The summed E-state index contributed by atoms with van der Waals surface area (Å²) in [5, 5.41) is 2.39. The van der Waals surface area contributed by atoms with Crippen LogP contribution in [0.4, 0.5) is 5.69 Å². The molecule has 0 bridgehead atoms. The third-order valence-corrected chi connectivity index (χ3v) is 4.27. The molecule has 1 N–H and O–H groups in total. The fourth-order valence-electron chi connectivity index (χ4n) is 1.61. The monoisotopic (exact) mass is 261 g/mol. The van der Waals surface area contributed by atoms with Gasteiger partial charge in [0.1, 0.15) is 0 Å². The molecule has 0 saturated carbocycles. The molecule has 0 aliphatic rings. The van der Waals surface area contributed by atoms with E-state index in [0.717, 1.165) is 0 Å². The molecule has 0 aliphatic carbocycles. The molecule has 0 saturated heterocycles. The van der Waals surface area contributed by atoms with Crippen molar-refractivity contribution in [1.29, 1.82) is 0 Å². The predicted molar refractivity (Wildman–Crippen MR) is 68.0 cm³/mol. The van der Waals surface area contributed by atoms with E-state index >= 15 is 0 Å². The highest BCUT2D eigenvalue weighted by atomic mass is 32.2. The Hall–Kier alpha value is -2.14. The quantitative estimate of drug-likeness (QED) is 0.857. The van der Waals surface area contributed by atoms with Gasteiger partial charge in [-0.2, -0.15) is 0 Å². The van der Waals surface area contributed by atoms with E-state index in [-0.39, 0.29) is 15.5 Å². The molecular formula is C13H11NO3S. The van der Waals surface area contributed by atoms with Crippen molar-refractivity contribution in [2.75, 3.05) is 5.32 Å². The van der Waals surface area contributed by atoms with Gasteiger partial charge in [-0.1, -0.05) is 30.3 Å². The lowest BCUT2D eigenvalue weighted by molar-refractivity contribution is -0.105. The zero-order valence-electron chi connectivity index (χ0n) is 9.41. The first-order chi connectivity index (χ1) is 8.66. The number of para-hydroxylation sites is 1. The van der Waals surface area contributed by atoms with Gasteiger partial charge >= 0.3 is 0 Å². The van der Waals surface area contributed by atoms with Crippen molar-refractivity contribution in [3.8, 4) is 0 Å². The fraction of sp³-hybridized carbons (Fsp3) is 0. The van der Waals surface area contributed by atoms with Crippen LogP contribution in [0.1, 0.15) is 0 Å². The van der Waals surface area contributed by atoms with E-state index in [1.165, 1.54) is 18.2 Å². The number of hydrogen-bond acceptors (Lipinski definition) is 3. The van der Waals surface area contributed by atoms with Crippen molar-refractivity contribution in [1.82, 2.24) is 0 Å². The minimum absolute atomic E-state index is 0.0864. The summed E-state index contributed by atoms with van der Waals surface area (Å²) >= 11 is 0. The summed E-state index contributed by atoms with van der Waals surface area (Å²) in [6.07, 6.45) is 0.458. The van der Waals surface area contributed by atoms with Crippen molar-refractivity contribution < 1.29 is 13.2 Å². The molecule has 92 valence electrons. The zero-order valence-corrected chi connectivity index (χ0v) is 10.2. The van der Waals surface area contributed by atoms with Gasteiger partial charge in [0.25, 0.3) is 0 Å². The van der Waals surface area contributed by atoms with Crippen LogP contribution in [0, 0.1) is 0 Å². The van der Waals surface area contributed by atoms with E-state index in [0.29, 0.717) is 6.41 Å². The number of nitrogens with one attached hydrogen (secondary N) is 1. The topological polar surface area (TPSA) is 63.2 Å². The SMILES string of the molecule is O=CNc1ccccc1S(=O)(=O)c1ccccc1. The van der Waals surface area contributed by atoms with Gasteiger partial charge in [-0.3, -0.25) is 4.79 Å². The zero-order chi connectivity index (χ0) is 13.0. The lowest BCUT2D eigenvalue weighted by Gasteiger charge is -2.09. The average molecular weight is 261 g/mol. The third-order valence-electron chi connectivity index (χ3n) is 2.44. The molecule has 0 radical (unpaired) electrons. The highest BCUT2D eigenvalue weighted by Gasteiger charge is 2.20. The Bertz CT molecular complexity index is 651. The number of anilines is 1. The Morgan fingerprint density at radius 2 is 1.50 bits per heavy atom. The second-order valence-electron chi connectivity index (χ2n) is 3.57. The van der Waals surface area contributed by atoms with E-state index in [1.54, 1.807) is 36.4 Å². The molecule has 1 amide bonds. The lowest BCUT2D eigenvalue weighted by atomic mass is 10.3. The van der Waals surface area contributed by atoms with Gasteiger partial charge < -0.3 is 5.32 Å². The van der Waals surface area contributed by atoms with E-state index in [2.05, 4.69) is 5.32 Å². The first-order valence-corrected chi connectivity index (χ1v) is 6.74. The van der Waals surface area contributed by atoms with Gasteiger partial charge in [0, 0.05) is 0 Å². The Balaban J connectivity index is 2.58. The number of hydrogen-bond donors (Lipinski definition) is 1. The normalized spacial score (nSPS) is 10.9. The Labute approximate surface area is 105 Å². The van der Waals surface area contributed by atoms with Crippen LogP contribution < -0.4 is 5.32 Å². The second-order valence-corrected chi connectivity index (χ2v) is 5.49. The molecule has 2 aromatic carbocycles. The van der Waals surface area contributed by atoms with Crippen LogP contribution >= 0.6 is 0 Å². The summed E-state index contributed by atoms with van der Waals surface area (Å²) in [6.45, 7) is 0. The first-order valence-electron chi connectivity index (χ1n) is 5.25. The molecule has 0 aliphatic heterocycles. The molecule has 0 unspecified atom stereocenters. The van der Waals surface area contributed by atoms with Gasteiger partial charge in [-0.15, -0.1) is 0 Å². The van der Waals surface area contributed by atoms with Crippen LogP contribution in [0.2, 0.25) is 0 Å². The van der Waals surface area contributed by atoms with Crippen molar-refractivity contribution in [3.05, 3.63) is 54.6 Å². The number of carbonyl (C=O) groups excluding carboxylic acids is 1. The molecule has 2 rings (SSSR count). The molecule has 0 heterocycles. The molecule has 18 heavy (non-hydrogen) atoms. The maximum Gasteiger partial charge on any atom is 0.211 e. The molecule has 0 atom stereocenters. The van der Waals surface area contributed by atoms with E-state index < -0.39 is 9.84 Å². The molecular weight excluding hydrogens is 250 g/mol. The highest BCUT2D eigenvalue weighted by Crippen LogP contribution is 2.26. The Kier molecular flexibility index (Phi) is 3.43. The van der Waals surface area contributed by atoms with Gasteiger partial charge in [0.2, 0.25) is 16.2 Å². The summed E-state index contributed by atoms with van der Waals surface area (Å²) in [4.78, 5) is 10.8. The van der Waals surface area contributed by atoms with Gasteiger partial charge in [0.15, 0.2) is 0 Å². The van der Waals surface area contributed by atoms with E-state index in [9.17, 15) is 13.2 Å². The summed E-state index contributed by atoms with van der Waals surface area (Å²) in [5.74, 6) is 0. The highest BCUT2D eigenvalue weighted by molar-refractivity contribution is 7.91. The number of rotatable bonds is 4. The fourth-order valence-corrected chi connectivity index (χ4v) is 3.05. The van der Waals surface area contributed by atoms with Crippen molar-refractivity contribution >= 4 is 21.9 Å². The largest absolute Gasteiger partial charge is 0.328 e. The minimum atomic E-state index is -3.61. The summed E-state index contributed by atoms with van der Waals surface area (Å²) in [6, 6.07) is 14.4. The van der Waals surface area contributed by atoms with Gasteiger partial charge in [-0.25, -0.2) is 8.42 Å². The maximum atomic E-state index is 12.4. The Morgan fingerprint density at radius 1 is 0.889 bits per heavy atom. The van der Waals surface area contributed by atoms with Crippen LogP contribution in [0.25, 0.3) is 0 Å². The molecule has 4 nitrogen and oxygen atoms in total. The third kappa shape index (κ3) is 2.26. The van der Waals surface area contributed by atoms with Crippen LogP contribution in [0.15, 0.2) is 64.4 Å². The standard InChI is InChI=1S/C13H11NO3S/c15-10-14-12-8-4-5-9-13(12)18(16,17)11-6-2-1-3-7-11/h1-10H,(H,14,15). The summed E-state index contributed by atoms with van der Waals surface area (Å²) in [7, 11) is -3.61. The first kappa shape index (κ1) is 12.3.